The number of benzene rings is 3. The highest BCUT2D eigenvalue weighted by Gasteiger charge is 2.22. The van der Waals surface area contributed by atoms with Crippen LogP contribution in [0.25, 0.3) is 11.0 Å². The first-order valence-corrected chi connectivity index (χ1v) is 11.4. The largest absolute Gasteiger partial charge is 0.495 e. The van der Waals surface area contributed by atoms with Crippen molar-refractivity contribution in [3.05, 3.63) is 83.1 Å². The van der Waals surface area contributed by atoms with Gasteiger partial charge in [0.25, 0.3) is 15.9 Å². The molecule has 0 aliphatic rings. The van der Waals surface area contributed by atoms with E-state index >= 15 is 0 Å². The van der Waals surface area contributed by atoms with Gasteiger partial charge in [-0.15, -0.1) is 0 Å². The number of ether oxygens (including phenoxy) is 1. The summed E-state index contributed by atoms with van der Waals surface area (Å²) in [6.07, 6.45) is 0. The number of halogens is 1. The number of methoxy groups -OCH3 is 1. The van der Waals surface area contributed by atoms with Crippen LogP contribution < -0.4 is 14.8 Å². The van der Waals surface area contributed by atoms with Gasteiger partial charge >= 0.3 is 0 Å². The van der Waals surface area contributed by atoms with Crippen molar-refractivity contribution >= 4 is 49.9 Å². The molecule has 164 valence electrons. The van der Waals surface area contributed by atoms with E-state index in [9.17, 15) is 13.2 Å². The number of rotatable bonds is 6. The maximum absolute atomic E-state index is 13.0. The predicted molar refractivity (Wildman–Crippen MR) is 124 cm³/mol. The van der Waals surface area contributed by atoms with E-state index in [4.69, 9.17) is 20.8 Å². The van der Waals surface area contributed by atoms with Gasteiger partial charge in [0, 0.05) is 11.1 Å². The summed E-state index contributed by atoms with van der Waals surface area (Å²) in [4.78, 5) is 12.5. The molecule has 0 saturated carbocycles. The number of sulfonamides is 1. The Bertz CT molecular complexity index is 1430. The lowest BCUT2D eigenvalue weighted by Crippen LogP contribution is -2.16. The maximum Gasteiger partial charge on any atom is 0.291 e. The molecule has 0 aliphatic carbocycles. The molecule has 4 rings (SSSR count). The normalized spacial score (nSPS) is 11.3. The zero-order valence-corrected chi connectivity index (χ0v) is 18.8. The molecule has 1 heterocycles. The van der Waals surface area contributed by atoms with E-state index in [1.165, 1.54) is 25.3 Å². The lowest BCUT2D eigenvalue weighted by atomic mass is 10.2. The number of furan rings is 1. The fourth-order valence-electron chi connectivity index (χ4n) is 3.18. The fourth-order valence-corrected chi connectivity index (χ4v) is 4.69. The van der Waals surface area contributed by atoms with E-state index in [1.807, 2.05) is 19.1 Å². The number of para-hydroxylation sites is 1. The molecule has 9 heteroatoms. The van der Waals surface area contributed by atoms with Crippen LogP contribution in [0.2, 0.25) is 5.02 Å². The van der Waals surface area contributed by atoms with E-state index in [1.54, 1.807) is 36.4 Å². The Morgan fingerprint density at radius 2 is 1.81 bits per heavy atom. The van der Waals surface area contributed by atoms with Gasteiger partial charge in [-0.2, -0.15) is 0 Å². The van der Waals surface area contributed by atoms with E-state index < -0.39 is 15.9 Å². The number of carbonyl (C=O) groups is 1. The third-order valence-corrected chi connectivity index (χ3v) is 6.44. The van der Waals surface area contributed by atoms with Crippen molar-refractivity contribution < 1.29 is 22.4 Å². The summed E-state index contributed by atoms with van der Waals surface area (Å²) in [6, 6.07) is 18.0. The zero-order valence-electron chi connectivity index (χ0n) is 17.2. The molecule has 0 radical (unpaired) electrons. The van der Waals surface area contributed by atoms with Crippen LogP contribution in [0, 0.1) is 6.92 Å². The average molecular weight is 471 g/mol. The number of anilines is 2. The van der Waals surface area contributed by atoms with Gasteiger partial charge in [-0.05, 0) is 55.5 Å². The molecular formula is C23H19ClN2O5S. The van der Waals surface area contributed by atoms with Crippen molar-refractivity contribution in [2.75, 3.05) is 17.1 Å². The average Bonchev–Trinajstić information content (AvgIpc) is 3.18. The molecule has 0 aliphatic heterocycles. The Balaban J connectivity index is 1.63. The van der Waals surface area contributed by atoms with Crippen molar-refractivity contribution in [2.45, 2.75) is 11.8 Å². The third kappa shape index (κ3) is 4.42. The first-order chi connectivity index (χ1) is 15.3. The second-order valence-corrected chi connectivity index (χ2v) is 9.12. The number of carbonyl (C=O) groups excluding carboxylic acids is 1. The van der Waals surface area contributed by atoms with Crippen LogP contribution in [0.5, 0.6) is 5.75 Å². The molecule has 0 bridgehead atoms. The number of hydrogen-bond acceptors (Lipinski definition) is 5. The van der Waals surface area contributed by atoms with Crippen molar-refractivity contribution in [3.8, 4) is 5.75 Å². The number of hydrogen-bond donors (Lipinski definition) is 2. The van der Waals surface area contributed by atoms with Crippen molar-refractivity contribution in [3.63, 3.8) is 0 Å². The number of nitrogens with one attached hydrogen (secondary N) is 2. The van der Waals surface area contributed by atoms with Crippen LogP contribution in [0.3, 0.4) is 0 Å². The standard InChI is InChI=1S/C23H19ClN2O5S/c1-14-7-9-19-15(11-14)12-21(31-19)23(27)25-16-8-10-20(30-2)22(13-16)32(28,29)26-18-6-4-3-5-17(18)24/h3-13,26H,1-2H3,(H,25,27). The predicted octanol–water partition coefficient (Wildman–Crippen LogP) is 5.46. The fraction of sp³-hybridized carbons (Fsp3) is 0.0870. The summed E-state index contributed by atoms with van der Waals surface area (Å²) < 4.78 is 39.3. The topological polar surface area (TPSA) is 97.6 Å². The molecular weight excluding hydrogens is 452 g/mol. The summed E-state index contributed by atoms with van der Waals surface area (Å²) in [7, 11) is -2.70. The zero-order chi connectivity index (χ0) is 22.9. The summed E-state index contributed by atoms with van der Waals surface area (Å²) in [6.45, 7) is 1.95. The first-order valence-electron chi connectivity index (χ1n) is 9.54. The minimum Gasteiger partial charge on any atom is -0.495 e. The highest BCUT2D eigenvalue weighted by molar-refractivity contribution is 7.92. The van der Waals surface area contributed by atoms with E-state index in [0.717, 1.165) is 10.9 Å². The summed E-state index contributed by atoms with van der Waals surface area (Å²) in [5, 5.41) is 3.72. The molecule has 32 heavy (non-hydrogen) atoms. The van der Waals surface area contributed by atoms with Crippen LogP contribution in [-0.4, -0.2) is 21.4 Å². The minimum absolute atomic E-state index is 0.111. The van der Waals surface area contributed by atoms with Crippen LogP contribution in [-0.2, 0) is 10.0 Å². The van der Waals surface area contributed by atoms with E-state index in [2.05, 4.69) is 10.0 Å². The van der Waals surface area contributed by atoms with Crippen molar-refractivity contribution in [1.82, 2.24) is 0 Å². The van der Waals surface area contributed by atoms with Gasteiger partial charge in [-0.25, -0.2) is 8.42 Å². The summed E-state index contributed by atoms with van der Waals surface area (Å²) in [5.41, 5.74) is 2.11. The Kier molecular flexibility index (Phi) is 5.82. The van der Waals surface area contributed by atoms with Gasteiger partial charge in [0.05, 0.1) is 17.8 Å². The van der Waals surface area contributed by atoms with Crippen LogP contribution in [0.15, 0.2) is 76.0 Å². The lowest BCUT2D eigenvalue weighted by Gasteiger charge is -2.14. The van der Waals surface area contributed by atoms with Crippen LogP contribution in [0.4, 0.5) is 11.4 Å². The number of fused-ring (bicyclic) bond motifs is 1. The molecule has 0 unspecified atom stereocenters. The lowest BCUT2D eigenvalue weighted by molar-refractivity contribution is 0.0998. The molecule has 1 amide bonds. The highest BCUT2D eigenvalue weighted by atomic mass is 35.5. The van der Waals surface area contributed by atoms with E-state index in [0.29, 0.717) is 5.58 Å². The van der Waals surface area contributed by atoms with Crippen molar-refractivity contribution in [1.29, 1.82) is 0 Å². The number of aryl methyl sites for hydroxylation is 1. The van der Waals surface area contributed by atoms with Gasteiger partial charge in [-0.1, -0.05) is 35.4 Å². The molecule has 1 aromatic heterocycles. The molecule has 0 fully saturated rings. The van der Waals surface area contributed by atoms with Crippen LogP contribution in [0.1, 0.15) is 16.1 Å². The Labute approximate surface area is 190 Å². The summed E-state index contributed by atoms with van der Waals surface area (Å²) >= 11 is 6.08. The Hall–Kier alpha value is -3.49. The molecule has 0 spiro atoms. The highest BCUT2D eigenvalue weighted by Crippen LogP contribution is 2.31. The number of amides is 1. The van der Waals surface area contributed by atoms with Gasteiger partial charge in [0.15, 0.2) is 5.76 Å². The van der Waals surface area contributed by atoms with Crippen molar-refractivity contribution in [2.24, 2.45) is 0 Å². The monoisotopic (exact) mass is 470 g/mol. The molecule has 4 aromatic rings. The van der Waals surface area contributed by atoms with Gasteiger partial charge in [0.2, 0.25) is 0 Å². The summed E-state index contributed by atoms with van der Waals surface area (Å²) in [5.74, 6) is -0.284. The van der Waals surface area contributed by atoms with E-state index in [-0.39, 0.29) is 32.8 Å². The second-order valence-electron chi connectivity index (χ2n) is 7.06. The molecule has 3 aromatic carbocycles. The molecule has 7 nitrogen and oxygen atoms in total. The SMILES string of the molecule is COc1ccc(NC(=O)c2cc3cc(C)ccc3o2)cc1S(=O)(=O)Nc1ccccc1Cl. The molecule has 0 atom stereocenters. The Morgan fingerprint density at radius 1 is 1.03 bits per heavy atom. The van der Waals surface area contributed by atoms with Crippen LogP contribution >= 0.6 is 11.6 Å². The van der Waals surface area contributed by atoms with Gasteiger partial charge in [0.1, 0.15) is 16.2 Å². The first kappa shape index (κ1) is 21.7. The minimum atomic E-state index is -4.06. The quantitative estimate of drug-likeness (QED) is 0.390. The molecule has 2 N–H and O–H groups in total. The maximum atomic E-state index is 13.0. The van der Waals surface area contributed by atoms with Gasteiger partial charge in [-0.3, -0.25) is 9.52 Å². The Morgan fingerprint density at radius 3 is 2.56 bits per heavy atom. The van der Waals surface area contributed by atoms with Gasteiger partial charge < -0.3 is 14.5 Å². The second kappa shape index (κ2) is 8.57. The third-order valence-electron chi connectivity index (χ3n) is 4.72. The molecule has 0 saturated heterocycles. The smallest absolute Gasteiger partial charge is 0.291 e.